The Labute approximate surface area is 184 Å². The summed E-state index contributed by atoms with van der Waals surface area (Å²) < 4.78 is 1.71. The van der Waals surface area contributed by atoms with Gasteiger partial charge in [-0.15, -0.1) is 10.2 Å². The zero-order valence-corrected chi connectivity index (χ0v) is 17.7. The van der Waals surface area contributed by atoms with E-state index in [1.54, 1.807) is 22.5 Å². The van der Waals surface area contributed by atoms with Gasteiger partial charge in [0.2, 0.25) is 11.0 Å². The highest BCUT2D eigenvalue weighted by atomic mass is 35.5. The minimum absolute atomic E-state index is 0.493. The first-order valence-corrected chi connectivity index (χ1v) is 10.6. The molecule has 2 aromatic heterocycles. The van der Waals surface area contributed by atoms with Crippen LogP contribution in [-0.4, -0.2) is 36.5 Å². The molecule has 0 fully saturated rings. The summed E-state index contributed by atoms with van der Waals surface area (Å²) >= 11 is 19.7. The number of hydrogen-bond donors (Lipinski definition) is 1. The molecule has 3 heterocycles. The third-order valence-electron chi connectivity index (χ3n) is 4.38. The Balaban J connectivity index is 1.52. The number of benzene rings is 2. The summed E-state index contributed by atoms with van der Waals surface area (Å²) in [5.41, 5.74) is 4.22. The van der Waals surface area contributed by atoms with Crippen LogP contribution in [0.5, 0.6) is 0 Å². The van der Waals surface area contributed by atoms with E-state index in [0.717, 1.165) is 22.5 Å². The van der Waals surface area contributed by atoms with E-state index >= 15 is 0 Å². The molecule has 1 N–H and O–H groups in total. The molecule has 0 saturated heterocycles. The Morgan fingerprint density at radius 3 is 2.48 bits per heavy atom. The van der Waals surface area contributed by atoms with Gasteiger partial charge in [-0.3, -0.25) is 5.10 Å². The molecule has 0 saturated carbocycles. The van der Waals surface area contributed by atoms with Crippen molar-refractivity contribution >= 4 is 52.3 Å². The second kappa shape index (κ2) is 7.50. The Morgan fingerprint density at radius 2 is 1.69 bits per heavy atom. The van der Waals surface area contributed by atoms with Crippen molar-refractivity contribution in [3.05, 3.63) is 69.2 Å². The van der Waals surface area contributed by atoms with Crippen LogP contribution in [0.3, 0.4) is 0 Å². The monoisotopic (exact) mass is 460 g/mol. The maximum absolute atomic E-state index is 6.16. The molecule has 2 aromatic carbocycles. The summed E-state index contributed by atoms with van der Waals surface area (Å²) in [6.45, 7) is 0. The topological polar surface area (TPSA) is 71.8 Å². The number of nitrogens with zero attached hydrogens (tertiary/aromatic N) is 5. The first-order valence-electron chi connectivity index (χ1n) is 8.52. The zero-order valence-electron chi connectivity index (χ0n) is 14.6. The van der Waals surface area contributed by atoms with E-state index in [1.807, 2.05) is 42.5 Å². The zero-order chi connectivity index (χ0) is 20.0. The maximum Gasteiger partial charge on any atom is 0.212 e. The van der Waals surface area contributed by atoms with Crippen molar-refractivity contribution in [3.63, 3.8) is 0 Å². The Hall–Kier alpha value is -2.32. The number of halogens is 3. The molecular weight excluding hydrogens is 451 g/mol. The van der Waals surface area contributed by atoms with Crippen molar-refractivity contribution < 1.29 is 0 Å². The quantitative estimate of drug-likeness (QED) is 0.428. The molecule has 0 spiro atoms. The maximum atomic E-state index is 6.16. The lowest BCUT2D eigenvalue weighted by molar-refractivity contribution is 0.760. The number of thioether (sulfide) groups is 1. The van der Waals surface area contributed by atoms with Crippen LogP contribution in [0.2, 0.25) is 15.1 Å². The van der Waals surface area contributed by atoms with Gasteiger partial charge in [-0.25, -0.2) is 0 Å². The Kier molecular flexibility index (Phi) is 4.83. The summed E-state index contributed by atoms with van der Waals surface area (Å²) in [5, 5.41) is 23.1. The summed E-state index contributed by atoms with van der Waals surface area (Å²) in [4.78, 5) is 0. The van der Waals surface area contributed by atoms with Gasteiger partial charge in [0.1, 0.15) is 5.69 Å². The molecular formula is C19H11Cl3N6S. The van der Waals surface area contributed by atoms with Gasteiger partial charge in [-0.05, 0) is 30.3 Å². The third-order valence-corrected chi connectivity index (χ3v) is 6.30. The average molecular weight is 462 g/mol. The van der Waals surface area contributed by atoms with Crippen LogP contribution >= 0.6 is 46.6 Å². The molecule has 29 heavy (non-hydrogen) atoms. The molecule has 5 rings (SSSR count). The lowest BCUT2D eigenvalue weighted by Gasteiger charge is -2.14. The third kappa shape index (κ3) is 3.55. The first-order chi connectivity index (χ1) is 14.1. The van der Waals surface area contributed by atoms with E-state index in [-0.39, 0.29) is 0 Å². The van der Waals surface area contributed by atoms with Crippen LogP contribution < -0.4 is 0 Å². The van der Waals surface area contributed by atoms with Gasteiger partial charge in [-0.1, -0.05) is 64.8 Å². The van der Waals surface area contributed by atoms with E-state index in [1.165, 1.54) is 0 Å². The number of aromatic nitrogens is 5. The molecule has 0 bridgehead atoms. The second-order valence-electron chi connectivity index (χ2n) is 6.26. The van der Waals surface area contributed by atoms with Gasteiger partial charge in [0, 0.05) is 21.9 Å². The van der Waals surface area contributed by atoms with E-state index in [0.29, 0.717) is 37.5 Å². The van der Waals surface area contributed by atoms with E-state index in [9.17, 15) is 0 Å². The number of nitrogens with one attached hydrogen (secondary N) is 1. The molecule has 1 aliphatic heterocycles. The smallest absolute Gasteiger partial charge is 0.212 e. The first kappa shape index (κ1) is 18.7. The number of hydrogen-bond acceptors (Lipinski definition) is 5. The molecule has 0 unspecified atom stereocenters. The molecule has 0 amide bonds. The lowest BCUT2D eigenvalue weighted by atomic mass is 10.1. The Morgan fingerprint density at radius 1 is 0.897 bits per heavy atom. The highest BCUT2D eigenvalue weighted by Gasteiger charge is 2.22. The van der Waals surface area contributed by atoms with E-state index in [2.05, 4.69) is 20.4 Å². The highest BCUT2D eigenvalue weighted by molar-refractivity contribution is 7.99. The van der Waals surface area contributed by atoms with Crippen molar-refractivity contribution in [2.75, 3.05) is 5.75 Å². The highest BCUT2D eigenvalue weighted by Crippen LogP contribution is 2.31. The molecule has 6 nitrogen and oxygen atoms in total. The summed E-state index contributed by atoms with van der Waals surface area (Å²) in [5.74, 6) is 1.24. The second-order valence-corrected chi connectivity index (χ2v) is 8.45. The lowest BCUT2D eigenvalue weighted by Crippen LogP contribution is -2.13. The Bertz CT molecular complexity index is 1250. The minimum Gasteiger partial charge on any atom is -0.274 e. The van der Waals surface area contributed by atoms with Gasteiger partial charge in [0.15, 0.2) is 0 Å². The van der Waals surface area contributed by atoms with Crippen molar-refractivity contribution in [2.24, 2.45) is 5.10 Å². The standard InChI is InChI=1S/C19H11Cl3N6S/c20-12-4-1-10(2-5-12)15-8-16(24-23-15)18-25-26-19-28(18)27-17(9-29-19)11-3-6-13(21)14(22)7-11/h1-8H,9H2,(H,23,24). The summed E-state index contributed by atoms with van der Waals surface area (Å²) in [7, 11) is 0. The molecule has 0 radical (unpaired) electrons. The van der Waals surface area contributed by atoms with Gasteiger partial charge in [0.05, 0.1) is 21.5 Å². The minimum atomic E-state index is 0.493. The normalized spacial score (nSPS) is 13.3. The molecule has 0 aliphatic carbocycles. The van der Waals surface area contributed by atoms with Crippen LogP contribution in [0.15, 0.2) is 58.8 Å². The molecule has 144 valence electrons. The van der Waals surface area contributed by atoms with Crippen molar-refractivity contribution in [2.45, 2.75) is 5.16 Å². The van der Waals surface area contributed by atoms with Gasteiger partial charge < -0.3 is 0 Å². The molecule has 0 atom stereocenters. The molecule has 10 heteroatoms. The fraction of sp³-hybridized carbons (Fsp3) is 0.0526. The van der Waals surface area contributed by atoms with Crippen LogP contribution in [0, 0.1) is 0 Å². The average Bonchev–Trinajstić information content (AvgIpc) is 3.37. The summed E-state index contributed by atoms with van der Waals surface area (Å²) in [6.07, 6.45) is 0. The predicted molar refractivity (Wildman–Crippen MR) is 117 cm³/mol. The van der Waals surface area contributed by atoms with Gasteiger partial charge in [-0.2, -0.15) is 14.9 Å². The van der Waals surface area contributed by atoms with Crippen LogP contribution in [0.4, 0.5) is 0 Å². The fourth-order valence-electron chi connectivity index (χ4n) is 2.92. The van der Waals surface area contributed by atoms with Gasteiger partial charge in [0.25, 0.3) is 0 Å². The van der Waals surface area contributed by atoms with Crippen LogP contribution in [-0.2, 0) is 0 Å². The van der Waals surface area contributed by atoms with Crippen LogP contribution in [0.25, 0.3) is 22.8 Å². The molecule has 4 aromatic rings. The number of H-pyrrole nitrogens is 1. The molecule has 1 aliphatic rings. The fourth-order valence-corrected chi connectivity index (χ4v) is 4.18. The number of rotatable bonds is 3. The van der Waals surface area contributed by atoms with Crippen molar-refractivity contribution in [1.29, 1.82) is 0 Å². The number of fused-ring (bicyclic) bond motifs is 1. The largest absolute Gasteiger partial charge is 0.274 e. The predicted octanol–water partition coefficient (Wildman–Crippen LogP) is 5.65. The van der Waals surface area contributed by atoms with Gasteiger partial charge >= 0.3 is 0 Å². The van der Waals surface area contributed by atoms with E-state index < -0.39 is 0 Å². The van der Waals surface area contributed by atoms with Crippen LogP contribution in [0.1, 0.15) is 5.56 Å². The van der Waals surface area contributed by atoms with Crippen molar-refractivity contribution in [3.8, 4) is 22.8 Å². The summed E-state index contributed by atoms with van der Waals surface area (Å²) in [6, 6.07) is 14.9. The number of aromatic amines is 1. The van der Waals surface area contributed by atoms with Crippen molar-refractivity contribution in [1.82, 2.24) is 25.1 Å². The van der Waals surface area contributed by atoms with E-state index in [4.69, 9.17) is 39.9 Å². The SMILES string of the molecule is Clc1ccc(-c2cc(-c3nnc4n3N=C(c3ccc(Cl)c(Cl)c3)CS4)[nH]n2)cc1.